The average Bonchev–Trinajstić information content (AvgIpc) is 2.55. The van der Waals surface area contributed by atoms with Gasteiger partial charge in [0.05, 0.1) is 0 Å². The normalized spacial score (nSPS) is 35.1. The molecular formula is C11H20O2. The lowest BCUT2D eigenvalue weighted by Crippen LogP contribution is -2.43. The Morgan fingerprint density at radius 1 is 0.846 bits per heavy atom. The quantitative estimate of drug-likeness (QED) is 0.612. The monoisotopic (exact) mass is 184 g/mol. The molecule has 0 radical (unpaired) electrons. The zero-order valence-corrected chi connectivity index (χ0v) is 8.21. The van der Waals surface area contributed by atoms with E-state index in [9.17, 15) is 10.2 Å². The molecule has 0 aliphatic heterocycles. The van der Waals surface area contributed by atoms with E-state index in [1.807, 2.05) is 0 Å². The van der Waals surface area contributed by atoms with E-state index in [0.29, 0.717) is 12.3 Å². The second-order valence-electron chi connectivity index (χ2n) is 4.78. The van der Waals surface area contributed by atoms with Gasteiger partial charge in [-0.2, -0.15) is 0 Å². The van der Waals surface area contributed by atoms with Crippen LogP contribution in [0.5, 0.6) is 0 Å². The highest BCUT2D eigenvalue weighted by molar-refractivity contribution is 4.87. The van der Waals surface area contributed by atoms with Crippen molar-refractivity contribution in [3.05, 3.63) is 0 Å². The van der Waals surface area contributed by atoms with Crippen LogP contribution in [0, 0.1) is 11.8 Å². The number of aliphatic hydroxyl groups is 2. The molecule has 13 heavy (non-hydrogen) atoms. The van der Waals surface area contributed by atoms with E-state index in [1.165, 1.54) is 32.1 Å². The molecule has 76 valence electrons. The molecule has 2 rings (SSSR count). The molecule has 0 heterocycles. The molecule has 0 aromatic heterocycles. The van der Waals surface area contributed by atoms with Gasteiger partial charge in [0.1, 0.15) is 0 Å². The Morgan fingerprint density at radius 3 is 2.08 bits per heavy atom. The van der Waals surface area contributed by atoms with Crippen LogP contribution in [-0.4, -0.2) is 16.0 Å². The number of rotatable bonds is 1. The molecule has 2 fully saturated rings. The summed E-state index contributed by atoms with van der Waals surface area (Å²) in [6, 6.07) is 0. The highest BCUT2D eigenvalue weighted by Gasteiger charge is 2.41. The van der Waals surface area contributed by atoms with E-state index in [1.54, 1.807) is 0 Å². The summed E-state index contributed by atoms with van der Waals surface area (Å²) in [5.41, 5.74) is 0. The maximum Gasteiger partial charge on any atom is 0.165 e. The maximum atomic E-state index is 9.85. The van der Waals surface area contributed by atoms with Gasteiger partial charge in [-0.1, -0.05) is 19.3 Å². The van der Waals surface area contributed by atoms with Crippen LogP contribution in [0.3, 0.4) is 0 Å². The van der Waals surface area contributed by atoms with E-state index < -0.39 is 5.79 Å². The molecule has 0 saturated heterocycles. The first kappa shape index (κ1) is 9.47. The first-order chi connectivity index (χ1) is 6.20. The minimum atomic E-state index is -1.34. The van der Waals surface area contributed by atoms with Gasteiger partial charge in [-0.15, -0.1) is 0 Å². The van der Waals surface area contributed by atoms with Gasteiger partial charge in [0.15, 0.2) is 5.79 Å². The van der Waals surface area contributed by atoms with Crippen molar-refractivity contribution in [2.75, 3.05) is 0 Å². The van der Waals surface area contributed by atoms with Crippen molar-refractivity contribution in [3.8, 4) is 0 Å². The Labute approximate surface area is 80.0 Å². The van der Waals surface area contributed by atoms with Gasteiger partial charge in [0.25, 0.3) is 0 Å². The summed E-state index contributed by atoms with van der Waals surface area (Å²) in [6.07, 6.45) is 8.79. The summed E-state index contributed by atoms with van der Waals surface area (Å²) in [6.45, 7) is 0. The zero-order valence-electron chi connectivity index (χ0n) is 8.21. The first-order valence-electron chi connectivity index (χ1n) is 5.65. The standard InChI is InChI=1S/C11H20O2/c12-11(13)8-4-3-7-10(11)9-5-1-2-6-9/h9-10,12-13H,1-8H2. The minimum Gasteiger partial charge on any atom is -0.365 e. The highest BCUT2D eigenvalue weighted by atomic mass is 16.5. The third kappa shape index (κ3) is 1.89. The Kier molecular flexibility index (Phi) is 2.61. The first-order valence-corrected chi connectivity index (χ1v) is 5.65. The van der Waals surface area contributed by atoms with E-state index in [0.717, 1.165) is 12.8 Å². The Hall–Kier alpha value is -0.0800. The predicted octanol–water partition coefficient (Wildman–Crippen LogP) is 2.05. The molecule has 0 aromatic carbocycles. The summed E-state index contributed by atoms with van der Waals surface area (Å²) >= 11 is 0. The predicted molar refractivity (Wildman–Crippen MR) is 51.1 cm³/mol. The van der Waals surface area contributed by atoms with Crippen LogP contribution in [0.25, 0.3) is 0 Å². The molecule has 2 aliphatic rings. The molecule has 0 spiro atoms. The summed E-state index contributed by atoms with van der Waals surface area (Å²) in [7, 11) is 0. The van der Waals surface area contributed by atoms with E-state index in [2.05, 4.69) is 0 Å². The second-order valence-corrected chi connectivity index (χ2v) is 4.78. The van der Waals surface area contributed by atoms with Crippen molar-refractivity contribution in [2.24, 2.45) is 11.8 Å². The van der Waals surface area contributed by atoms with Gasteiger partial charge in [0.2, 0.25) is 0 Å². The van der Waals surface area contributed by atoms with Gasteiger partial charge in [-0.05, 0) is 31.6 Å². The fourth-order valence-electron chi connectivity index (χ4n) is 3.14. The van der Waals surface area contributed by atoms with Crippen LogP contribution in [0.15, 0.2) is 0 Å². The largest absolute Gasteiger partial charge is 0.365 e. The lowest BCUT2D eigenvalue weighted by Gasteiger charge is -2.39. The topological polar surface area (TPSA) is 40.5 Å². The third-order valence-electron chi connectivity index (χ3n) is 3.87. The van der Waals surface area contributed by atoms with Crippen molar-refractivity contribution in [1.82, 2.24) is 0 Å². The number of hydrogen-bond acceptors (Lipinski definition) is 2. The third-order valence-corrected chi connectivity index (χ3v) is 3.87. The Morgan fingerprint density at radius 2 is 1.46 bits per heavy atom. The smallest absolute Gasteiger partial charge is 0.165 e. The van der Waals surface area contributed by atoms with Crippen molar-refractivity contribution in [1.29, 1.82) is 0 Å². The Bertz CT molecular complexity index is 171. The van der Waals surface area contributed by atoms with Crippen LogP contribution in [0.2, 0.25) is 0 Å². The molecule has 2 aliphatic carbocycles. The molecule has 2 saturated carbocycles. The zero-order chi connectivity index (χ0) is 9.31. The summed E-state index contributed by atoms with van der Waals surface area (Å²) in [5.74, 6) is -0.577. The minimum absolute atomic E-state index is 0.170. The van der Waals surface area contributed by atoms with E-state index in [-0.39, 0.29) is 5.92 Å². The molecule has 1 atom stereocenters. The fourth-order valence-corrected chi connectivity index (χ4v) is 3.14. The van der Waals surface area contributed by atoms with Crippen molar-refractivity contribution in [3.63, 3.8) is 0 Å². The summed E-state index contributed by atoms with van der Waals surface area (Å²) in [5, 5.41) is 19.7. The second kappa shape index (κ2) is 3.58. The summed E-state index contributed by atoms with van der Waals surface area (Å²) < 4.78 is 0. The van der Waals surface area contributed by atoms with Crippen molar-refractivity contribution in [2.45, 2.75) is 57.2 Å². The molecule has 0 aromatic rings. The molecule has 2 heteroatoms. The average molecular weight is 184 g/mol. The lowest BCUT2D eigenvalue weighted by molar-refractivity contribution is -0.228. The van der Waals surface area contributed by atoms with Crippen molar-refractivity contribution >= 4 is 0 Å². The molecule has 2 nitrogen and oxygen atoms in total. The Balaban J connectivity index is 2.02. The molecule has 0 bridgehead atoms. The summed E-state index contributed by atoms with van der Waals surface area (Å²) in [4.78, 5) is 0. The van der Waals surface area contributed by atoms with E-state index >= 15 is 0 Å². The molecule has 2 N–H and O–H groups in total. The molecular weight excluding hydrogens is 164 g/mol. The van der Waals surface area contributed by atoms with Crippen molar-refractivity contribution < 1.29 is 10.2 Å². The van der Waals surface area contributed by atoms with Gasteiger partial charge in [-0.25, -0.2) is 0 Å². The van der Waals surface area contributed by atoms with Gasteiger partial charge < -0.3 is 10.2 Å². The van der Waals surface area contributed by atoms with Gasteiger partial charge in [0, 0.05) is 12.3 Å². The van der Waals surface area contributed by atoms with Gasteiger partial charge in [-0.3, -0.25) is 0 Å². The van der Waals surface area contributed by atoms with Crippen LogP contribution in [-0.2, 0) is 0 Å². The van der Waals surface area contributed by atoms with Crippen LogP contribution in [0.4, 0.5) is 0 Å². The highest BCUT2D eigenvalue weighted by Crippen LogP contribution is 2.43. The molecule has 1 unspecified atom stereocenters. The fraction of sp³-hybridized carbons (Fsp3) is 1.00. The number of hydrogen-bond donors (Lipinski definition) is 2. The molecule has 0 amide bonds. The van der Waals surface area contributed by atoms with Crippen LogP contribution < -0.4 is 0 Å². The maximum absolute atomic E-state index is 9.85. The van der Waals surface area contributed by atoms with Crippen LogP contribution >= 0.6 is 0 Å². The lowest BCUT2D eigenvalue weighted by atomic mass is 9.75. The van der Waals surface area contributed by atoms with Crippen LogP contribution in [0.1, 0.15) is 51.4 Å². The van der Waals surface area contributed by atoms with E-state index in [4.69, 9.17) is 0 Å². The SMILES string of the molecule is OC1(O)CCCCC1C1CCCC1. The van der Waals surface area contributed by atoms with Gasteiger partial charge >= 0.3 is 0 Å².